The van der Waals surface area contributed by atoms with Crippen LogP contribution in [0.3, 0.4) is 0 Å². The number of rotatable bonds is 6. The van der Waals surface area contributed by atoms with E-state index in [9.17, 15) is 13.8 Å². The van der Waals surface area contributed by atoms with Crippen molar-refractivity contribution in [1.82, 2.24) is 5.32 Å². The number of aromatic carboxylic acids is 1. The summed E-state index contributed by atoms with van der Waals surface area (Å²) < 4.78 is 16.7. The van der Waals surface area contributed by atoms with Crippen molar-refractivity contribution in [2.75, 3.05) is 12.3 Å². The normalized spacial score (nSPS) is 13.0. The number of carbonyl (C=O) groups excluding carboxylic acids is 1. The summed E-state index contributed by atoms with van der Waals surface area (Å²) in [6, 6.07) is 1.22. The number of carboxylic acids is 1. The van der Waals surface area contributed by atoms with Gasteiger partial charge in [-0.25, -0.2) is 4.79 Å². The Morgan fingerprint density at radius 2 is 2.00 bits per heavy atom. The van der Waals surface area contributed by atoms with Gasteiger partial charge >= 0.3 is 5.97 Å². The molecule has 6 nitrogen and oxygen atoms in total. The Bertz CT molecular complexity index is 556. The molecule has 0 aromatic carbocycles. The lowest BCUT2D eigenvalue weighted by Gasteiger charge is -2.17. The summed E-state index contributed by atoms with van der Waals surface area (Å²) >= 11 is 0. The lowest BCUT2D eigenvalue weighted by atomic mass is 10.2. The van der Waals surface area contributed by atoms with Gasteiger partial charge in [0.15, 0.2) is 5.76 Å². The number of amides is 1. The van der Waals surface area contributed by atoms with E-state index in [-0.39, 0.29) is 28.4 Å². The second kappa shape index (κ2) is 6.89. The molecule has 0 spiro atoms. The van der Waals surface area contributed by atoms with Gasteiger partial charge in [0.05, 0.1) is 0 Å². The summed E-state index contributed by atoms with van der Waals surface area (Å²) in [5, 5.41) is 11.6. The van der Waals surface area contributed by atoms with Gasteiger partial charge in [-0.1, -0.05) is 6.92 Å². The number of nitrogens with one attached hydrogen (secondary N) is 1. The minimum absolute atomic E-state index is 0.000850. The van der Waals surface area contributed by atoms with Crippen LogP contribution < -0.4 is 5.32 Å². The zero-order valence-corrected chi connectivity index (χ0v) is 13.5. The second-order valence-electron chi connectivity index (χ2n) is 5.52. The first-order valence-electron chi connectivity index (χ1n) is 6.69. The summed E-state index contributed by atoms with van der Waals surface area (Å²) in [6.07, 6.45) is 0.392. The molecule has 1 amide bonds. The van der Waals surface area contributed by atoms with Crippen molar-refractivity contribution < 1.29 is 23.3 Å². The summed E-state index contributed by atoms with van der Waals surface area (Å²) in [4.78, 5) is 22.9. The molecule has 1 aromatic rings. The van der Waals surface area contributed by atoms with Crippen molar-refractivity contribution in [3.63, 3.8) is 0 Å². The average molecular weight is 315 g/mol. The van der Waals surface area contributed by atoms with Crippen molar-refractivity contribution >= 4 is 22.7 Å². The molecule has 0 aliphatic carbocycles. The van der Waals surface area contributed by atoms with E-state index in [1.54, 1.807) is 6.92 Å². The predicted octanol–water partition coefficient (Wildman–Crippen LogP) is 1.82. The van der Waals surface area contributed by atoms with Gasteiger partial charge < -0.3 is 14.8 Å². The number of carbonyl (C=O) groups is 2. The van der Waals surface area contributed by atoms with Crippen LogP contribution in [-0.2, 0) is 17.2 Å². The van der Waals surface area contributed by atoms with E-state index < -0.39 is 22.7 Å². The highest BCUT2D eigenvalue weighted by atomic mass is 32.2. The van der Waals surface area contributed by atoms with Crippen LogP contribution in [0.1, 0.15) is 54.4 Å². The number of aryl methyl sites for hydroxylation is 1. The average Bonchev–Trinajstić information content (AvgIpc) is 2.81. The Labute approximate surface area is 126 Å². The van der Waals surface area contributed by atoms with E-state index in [0.29, 0.717) is 12.2 Å². The Kier molecular flexibility index (Phi) is 5.71. The van der Waals surface area contributed by atoms with Gasteiger partial charge in [-0.05, 0) is 20.8 Å². The van der Waals surface area contributed by atoms with Crippen LogP contribution in [-0.4, -0.2) is 38.2 Å². The van der Waals surface area contributed by atoms with E-state index in [2.05, 4.69) is 5.32 Å². The third kappa shape index (κ3) is 4.70. The molecule has 0 bridgehead atoms. The number of furan rings is 1. The number of hydrogen-bond donors (Lipinski definition) is 2. The predicted molar refractivity (Wildman–Crippen MR) is 80.1 cm³/mol. The maximum absolute atomic E-state index is 11.9. The molecule has 1 rings (SSSR count). The monoisotopic (exact) mass is 315 g/mol. The summed E-state index contributed by atoms with van der Waals surface area (Å²) in [7, 11) is -1.06. The number of carboxylic acid groups (broad SMARTS) is 1. The van der Waals surface area contributed by atoms with Crippen molar-refractivity contribution in [3.8, 4) is 0 Å². The fourth-order valence-electron chi connectivity index (χ4n) is 1.63. The first-order valence-corrected chi connectivity index (χ1v) is 8.01. The molecule has 0 aliphatic heterocycles. The van der Waals surface area contributed by atoms with Crippen LogP contribution in [0.25, 0.3) is 0 Å². The van der Waals surface area contributed by atoms with Gasteiger partial charge in [0.2, 0.25) is 0 Å². The SMILES string of the molecule is CCc1oc(C(=O)NCCS(=O)C(C)(C)C)cc1C(=O)O. The largest absolute Gasteiger partial charge is 0.478 e. The lowest BCUT2D eigenvalue weighted by Crippen LogP contribution is -2.32. The smallest absolute Gasteiger partial charge is 0.339 e. The first kappa shape index (κ1) is 17.4. The van der Waals surface area contributed by atoms with Crippen LogP contribution in [0.2, 0.25) is 0 Å². The van der Waals surface area contributed by atoms with Gasteiger partial charge in [-0.3, -0.25) is 9.00 Å². The fraction of sp³-hybridized carbons (Fsp3) is 0.571. The van der Waals surface area contributed by atoms with Gasteiger partial charge in [-0.2, -0.15) is 0 Å². The molecule has 0 saturated carbocycles. The summed E-state index contributed by atoms with van der Waals surface area (Å²) in [6.45, 7) is 7.59. The quantitative estimate of drug-likeness (QED) is 0.834. The second-order valence-corrected chi connectivity index (χ2v) is 7.85. The van der Waals surface area contributed by atoms with Crippen molar-refractivity contribution in [2.45, 2.75) is 38.9 Å². The zero-order valence-electron chi connectivity index (χ0n) is 12.7. The molecule has 2 N–H and O–H groups in total. The molecule has 1 heterocycles. The zero-order chi connectivity index (χ0) is 16.2. The third-order valence-corrected chi connectivity index (χ3v) is 4.78. The number of hydrogen-bond acceptors (Lipinski definition) is 4. The fourth-order valence-corrected chi connectivity index (χ4v) is 2.53. The molecule has 21 heavy (non-hydrogen) atoms. The highest BCUT2D eigenvalue weighted by molar-refractivity contribution is 7.86. The molecule has 0 saturated heterocycles. The maximum atomic E-state index is 11.9. The van der Waals surface area contributed by atoms with Gasteiger partial charge in [-0.15, -0.1) is 0 Å². The molecular weight excluding hydrogens is 294 g/mol. The molecule has 0 radical (unpaired) electrons. The van der Waals surface area contributed by atoms with Crippen LogP contribution in [0.5, 0.6) is 0 Å². The molecule has 0 aliphatic rings. The van der Waals surface area contributed by atoms with Crippen LogP contribution in [0.15, 0.2) is 10.5 Å². The van der Waals surface area contributed by atoms with E-state index in [0.717, 1.165) is 0 Å². The highest BCUT2D eigenvalue weighted by Crippen LogP contribution is 2.16. The first-order chi connectivity index (χ1) is 9.66. The Balaban J connectivity index is 2.65. The molecular formula is C14H21NO5S. The van der Waals surface area contributed by atoms with Crippen molar-refractivity contribution in [3.05, 3.63) is 23.2 Å². The van der Waals surface area contributed by atoms with Crippen molar-refractivity contribution in [2.24, 2.45) is 0 Å². The lowest BCUT2D eigenvalue weighted by molar-refractivity contribution is 0.0694. The van der Waals surface area contributed by atoms with Crippen LogP contribution in [0.4, 0.5) is 0 Å². The molecule has 7 heteroatoms. The summed E-state index contributed by atoms with van der Waals surface area (Å²) in [5.41, 5.74) is 0.000850. The van der Waals surface area contributed by atoms with Gasteiger partial charge in [0.1, 0.15) is 11.3 Å². The Morgan fingerprint density at radius 3 is 2.43 bits per heavy atom. The minimum atomic E-state index is -1.12. The molecule has 1 aromatic heterocycles. The van der Waals surface area contributed by atoms with E-state index in [1.807, 2.05) is 20.8 Å². The molecule has 118 valence electrons. The van der Waals surface area contributed by atoms with Crippen molar-refractivity contribution in [1.29, 1.82) is 0 Å². The van der Waals surface area contributed by atoms with E-state index in [1.165, 1.54) is 6.07 Å². The molecule has 1 unspecified atom stereocenters. The molecule has 1 atom stereocenters. The van der Waals surface area contributed by atoms with E-state index in [4.69, 9.17) is 9.52 Å². The minimum Gasteiger partial charge on any atom is -0.478 e. The van der Waals surface area contributed by atoms with E-state index >= 15 is 0 Å². The van der Waals surface area contributed by atoms with Crippen LogP contribution >= 0.6 is 0 Å². The van der Waals surface area contributed by atoms with Crippen LogP contribution in [0, 0.1) is 0 Å². The Hall–Kier alpha value is -1.63. The standard InChI is InChI=1S/C14H21NO5S/c1-5-10-9(13(17)18)8-11(20-10)12(16)15-6-7-21(19)14(2,3)4/h8H,5-7H2,1-4H3,(H,15,16)(H,17,18). The summed E-state index contributed by atoms with van der Waals surface area (Å²) in [5.74, 6) is -1.05. The topological polar surface area (TPSA) is 96.6 Å². The van der Waals surface area contributed by atoms with Gasteiger partial charge in [0.25, 0.3) is 5.91 Å². The molecule has 0 fully saturated rings. The third-order valence-electron chi connectivity index (χ3n) is 2.84. The maximum Gasteiger partial charge on any atom is 0.339 e. The highest BCUT2D eigenvalue weighted by Gasteiger charge is 2.21. The van der Waals surface area contributed by atoms with Gasteiger partial charge in [0, 0.05) is 40.3 Å². The Morgan fingerprint density at radius 1 is 1.38 bits per heavy atom.